The van der Waals surface area contributed by atoms with Gasteiger partial charge < -0.3 is 14.5 Å². The van der Waals surface area contributed by atoms with Crippen molar-refractivity contribution < 1.29 is 22.4 Å². The van der Waals surface area contributed by atoms with Gasteiger partial charge in [0.15, 0.2) is 12.4 Å². The van der Waals surface area contributed by atoms with E-state index in [1.54, 1.807) is 50.2 Å². The zero-order valence-corrected chi connectivity index (χ0v) is 22.9. The number of ether oxygens (including phenoxy) is 1. The predicted molar refractivity (Wildman–Crippen MR) is 149 cm³/mol. The molecule has 0 aliphatic carbocycles. The van der Waals surface area contributed by atoms with Gasteiger partial charge in [0, 0.05) is 34.4 Å². The predicted octanol–water partition coefficient (Wildman–Crippen LogP) is 5.81. The number of anilines is 1. The number of hydrogen-bond acceptors (Lipinski definition) is 6. The highest BCUT2D eigenvalue weighted by molar-refractivity contribution is 7.89. The second kappa shape index (κ2) is 11.6. The molecule has 0 aliphatic heterocycles. The number of carbonyl (C=O) groups excluding carboxylic acids is 1. The fourth-order valence-electron chi connectivity index (χ4n) is 3.83. The summed E-state index contributed by atoms with van der Waals surface area (Å²) in [6, 6.07) is 17.1. The Morgan fingerprint density at radius 1 is 0.947 bits per heavy atom. The second-order valence-corrected chi connectivity index (χ2v) is 11.0. The minimum Gasteiger partial charge on any atom is -0.476 e. The van der Waals surface area contributed by atoms with E-state index in [0.29, 0.717) is 40.0 Å². The molecule has 0 aliphatic rings. The van der Waals surface area contributed by atoms with E-state index in [-0.39, 0.29) is 21.8 Å². The normalized spacial score (nSPS) is 11.6. The number of nitrogens with one attached hydrogen (secondary N) is 1. The van der Waals surface area contributed by atoms with Crippen LogP contribution in [0, 0.1) is 0 Å². The molecule has 0 bridgehead atoms. The van der Waals surface area contributed by atoms with Crippen LogP contribution in [0.4, 0.5) is 5.69 Å². The van der Waals surface area contributed by atoms with E-state index in [4.69, 9.17) is 32.4 Å². The quantitative estimate of drug-likeness (QED) is 0.270. The summed E-state index contributed by atoms with van der Waals surface area (Å²) in [5.41, 5.74) is 0.717. The molecule has 1 aromatic heterocycles. The third-order valence-electron chi connectivity index (χ3n) is 5.75. The monoisotopic (exact) mass is 574 g/mol. The van der Waals surface area contributed by atoms with Gasteiger partial charge in [0.2, 0.25) is 21.2 Å². The number of amides is 1. The highest BCUT2D eigenvalue weighted by Crippen LogP contribution is 2.32. The van der Waals surface area contributed by atoms with Crippen LogP contribution >= 0.6 is 23.2 Å². The summed E-state index contributed by atoms with van der Waals surface area (Å²) in [7, 11) is -3.62. The molecule has 198 valence electrons. The molecule has 38 heavy (non-hydrogen) atoms. The van der Waals surface area contributed by atoms with Gasteiger partial charge in [0.1, 0.15) is 5.58 Å². The van der Waals surface area contributed by atoms with Crippen LogP contribution in [0.5, 0.6) is 5.75 Å². The first-order chi connectivity index (χ1) is 18.1. The number of hydrogen-bond donors (Lipinski definition) is 1. The Labute approximate surface area is 229 Å². The topological polar surface area (TPSA) is 106 Å². The summed E-state index contributed by atoms with van der Waals surface area (Å²) in [5.74, 6) is -0.574. The Bertz CT molecular complexity index is 1630. The Morgan fingerprint density at radius 2 is 1.58 bits per heavy atom. The standard InChI is InChI=1S/C27H24Cl2N2O6S/c1-3-31(4-2)38(34,35)21-12-10-20(11-13-21)30-24(32)16-36-27-25(33)22-15-19(29)9-14-23(22)37-26(27)17-5-7-18(28)8-6-17/h5-15H,3-4,16H2,1-2H3,(H,30,32). The van der Waals surface area contributed by atoms with Gasteiger partial charge in [0.25, 0.3) is 5.91 Å². The molecule has 0 spiro atoms. The lowest BCUT2D eigenvalue weighted by molar-refractivity contribution is -0.118. The molecule has 0 fully saturated rings. The Balaban J connectivity index is 1.57. The van der Waals surface area contributed by atoms with Crippen LogP contribution in [-0.4, -0.2) is 38.3 Å². The second-order valence-electron chi connectivity index (χ2n) is 8.19. The highest BCUT2D eigenvalue weighted by Gasteiger charge is 2.22. The van der Waals surface area contributed by atoms with Gasteiger partial charge in [-0.1, -0.05) is 37.0 Å². The van der Waals surface area contributed by atoms with Crippen molar-refractivity contribution in [1.29, 1.82) is 0 Å². The maximum atomic E-state index is 13.3. The van der Waals surface area contributed by atoms with E-state index in [0.717, 1.165) is 0 Å². The zero-order chi connectivity index (χ0) is 27.4. The molecular weight excluding hydrogens is 551 g/mol. The fourth-order valence-corrected chi connectivity index (χ4v) is 5.59. The SMILES string of the molecule is CCN(CC)S(=O)(=O)c1ccc(NC(=O)COc2c(-c3ccc(Cl)cc3)oc3ccc(Cl)cc3c2=O)cc1. The number of rotatable bonds is 9. The van der Waals surface area contributed by atoms with Crippen molar-refractivity contribution in [2.45, 2.75) is 18.7 Å². The lowest BCUT2D eigenvalue weighted by atomic mass is 10.1. The Morgan fingerprint density at radius 3 is 2.21 bits per heavy atom. The first kappa shape index (κ1) is 27.7. The number of fused-ring (bicyclic) bond motifs is 1. The van der Waals surface area contributed by atoms with Gasteiger partial charge in [-0.25, -0.2) is 8.42 Å². The van der Waals surface area contributed by atoms with Gasteiger partial charge in [-0.2, -0.15) is 4.31 Å². The number of benzene rings is 3. The van der Waals surface area contributed by atoms with Gasteiger partial charge in [-0.15, -0.1) is 0 Å². The smallest absolute Gasteiger partial charge is 0.262 e. The average molecular weight is 575 g/mol. The van der Waals surface area contributed by atoms with Crippen molar-refractivity contribution in [3.63, 3.8) is 0 Å². The molecule has 11 heteroatoms. The molecule has 0 saturated carbocycles. The van der Waals surface area contributed by atoms with Crippen LogP contribution in [0.2, 0.25) is 10.0 Å². The average Bonchev–Trinajstić information content (AvgIpc) is 2.90. The first-order valence-corrected chi connectivity index (χ1v) is 13.9. The van der Waals surface area contributed by atoms with Gasteiger partial charge >= 0.3 is 0 Å². The number of halogens is 2. The largest absolute Gasteiger partial charge is 0.476 e. The Kier molecular flexibility index (Phi) is 8.42. The number of carbonyl (C=O) groups is 1. The highest BCUT2D eigenvalue weighted by atomic mass is 35.5. The summed E-state index contributed by atoms with van der Waals surface area (Å²) >= 11 is 12.1. The van der Waals surface area contributed by atoms with E-state index in [9.17, 15) is 18.0 Å². The lowest BCUT2D eigenvalue weighted by Gasteiger charge is -2.18. The minimum atomic E-state index is -3.62. The van der Waals surface area contributed by atoms with Crippen molar-refractivity contribution in [2.24, 2.45) is 0 Å². The first-order valence-electron chi connectivity index (χ1n) is 11.7. The van der Waals surface area contributed by atoms with E-state index in [1.165, 1.54) is 34.6 Å². The Hall–Kier alpha value is -3.37. The number of nitrogens with zero attached hydrogens (tertiary/aromatic N) is 1. The van der Waals surface area contributed by atoms with E-state index in [2.05, 4.69) is 5.32 Å². The van der Waals surface area contributed by atoms with Gasteiger partial charge in [-0.05, 0) is 66.7 Å². The van der Waals surface area contributed by atoms with Crippen LogP contribution < -0.4 is 15.5 Å². The van der Waals surface area contributed by atoms with Gasteiger partial charge in [0.05, 0.1) is 10.3 Å². The summed E-state index contributed by atoms with van der Waals surface area (Å²) in [6.07, 6.45) is 0. The molecular formula is C27H24Cl2N2O6S. The third kappa shape index (κ3) is 5.86. The van der Waals surface area contributed by atoms with Gasteiger partial charge in [-0.3, -0.25) is 9.59 Å². The van der Waals surface area contributed by atoms with Crippen LogP contribution in [-0.2, 0) is 14.8 Å². The summed E-state index contributed by atoms with van der Waals surface area (Å²) in [6.45, 7) is 3.72. The maximum Gasteiger partial charge on any atom is 0.262 e. The minimum absolute atomic E-state index is 0.121. The molecule has 4 rings (SSSR count). The van der Waals surface area contributed by atoms with E-state index in [1.807, 2.05) is 0 Å². The molecule has 0 radical (unpaired) electrons. The van der Waals surface area contributed by atoms with Crippen molar-refractivity contribution in [1.82, 2.24) is 4.31 Å². The van der Waals surface area contributed by atoms with Crippen molar-refractivity contribution >= 4 is 55.8 Å². The zero-order valence-electron chi connectivity index (χ0n) is 20.5. The molecule has 1 heterocycles. The molecule has 8 nitrogen and oxygen atoms in total. The fraction of sp³-hybridized carbons (Fsp3) is 0.185. The van der Waals surface area contributed by atoms with Crippen molar-refractivity contribution in [3.8, 4) is 17.1 Å². The molecule has 0 atom stereocenters. The summed E-state index contributed by atoms with van der Waals surface area (Å²) in [4.78, 5) is 26.1. The van der Waals surface area contributed by atoms with Crippen molar-refractivity contribution in [2.75, 3.05) is 25.0 Å². The van der Waals surface area contributed by atoms with E-state index >= 15 is 0 Å². The number of sulfonamides is 1. The van der Waals surface area contributed by atoms with Crippen LogP contribution in [0.3, 0.4) is 0 Å². The van der Waals surface area contributed by atoms with E-state index < -0.39 is 28.0 Å². The molecule has 0 saturated heterocycles. The lowest BCUT2D eigenvalue weighted by Crippen LogP contribution is -2.30. The third-order valence-corrected chi connectivity index (χ3v) is 8.30. The molecule has 3 aromatic carbocycles. The summed E-state index contributed by atoms with van der Waals surface area (Å²) < 4.78 is 38.3. The van der Waals surface area contributed by atoms with Crippen LogP contribution in [0.25, 0.3) is 22.3 Å². The maximum absolute atomic E-state index is 13.3. The molecule has 1 N–H and O–H groups in total. The molecule has 1 amide bonds. The van der Waals surface area contributed by atoms with Crippen LogP contribution in [0.1, 0.15) is 13.8 Å². The molecule has 4 aromatic rings. The molecule has 0 unspecified atom stereocenters. The van der Waals surface area contributed by atoms with Crippen LogP contribution in [0.15, 0.2) is 80.8 Å². The summed E-state index contributed by atoms with van der Waals surface area (Å²) in [5, 5.41) is 3.69. The van der Waals surface area contributed by atoms with Crippen molar-refractivity contribution in [3.05, 3.63) is 87.0 Å².